The second kappa shape index (κ2) is 5.27. The van der Waals surface area contributed by atoms with Crippen molar-refractivity contribution in [2.75, 3.05) is 20.2 Å². The lowest BCUT2D eigenvalue weighted by atomic mass is 9.87. The summed E-state index contributed by atoms with van der Waals surface area (Å²) in [6, 6.07) is 4.18. The number of methoxy groups -OCH3 is 1. The molecule has 2 heterocycles. The van der Waals surface area contributed by atoms with Gasteiger partial charge in [0.05, 0.1) is 7.11 Å². The van der Waals surface area contributed by atoms with Crippen LogP contribution in [0, 0.1) is 11.8 Å². The molecule has 2 fully saturated rings. The van der Waals surface area contributed by atoms with Crippen LogP contribution in [0.3, 0.4) is 0 Å². The van der Waals surface area contributed by atoms with Gasteiger partial charge < -0.3 is 10.1 Å². The minimum atomic E-state index is 0.693. The van der Waals surface area contributed by atoms with E-state index >= 15 is 0 Å². The number of ether oxygens (including phenoxy) is 1. The van der Waals surface area contributed by atoms with Crippen LogP contribution >= 0.6 is 0 Å². The maximum atomic E-state index is 5.13. The summed E-state index contributed by atoms with van der Waals surface area (Å²) in [6.45, 7) is 2.43. The van der Waals surface area contributed by atoms with Gasteiger partial charge in [-0.05, 0) is 62.1 Å². The number of fused-ring (bicyclic) bond motifs is 2. The summed E-state index contributed by atoms with van der Waals surface area (Å²) < 4.78 is 5.13. The van der Waals surface area contributed by atoms with Crippen molar-refractivity contribution < 1.29 is 4.74 Å². The minimum absolute atomic E-state index is 0.693. The summed E-state index contributed by atoms with van der Waals surface area (Å²) in [7, 11) is 1.67. The Labute approximate surface area is 109 Å². The lowest BCUT2D eigenvalue weighted by molar-refractivity contribution is 0.289. The molecule has 1 aliphatic carbocycles. The molecule has 0 spiro atoms. The molecule has 3 unspecified atom stereocenters. The van der Waals surface area contributed by atoms with E-state index in [0.717, 1.165) is 11.8 Å². The van der Waals surface area contributed by atoms with Gasteiger partial charge in [-0.15, -0.1) is 0 Å². The Kier molecular flexibility index (Phi) is 3.50. The predicted octanol–water partition coefficient (Wildman–Crippen LogP) is 2.58. The largest absolute Gasteiger partial charge is 0.481 e. The fourth-order valence-electron chi connectivity index (χ4n) is 3.54. The number of nitrogens with zero attached hydrogens (tertiary/aromatic N) is 1. The maximum Gasteiger partial charge on any atom is 0.212 e. The number of nitrogens with one attached hydrogen (secondary N) is 1. The van der Waals surface area contributed by atoms with Crippen LogP contribution in [-0.2, 0) is 0 Å². The Balaban J connectivity index is 1.74. The van der Waals surface area contributed by atoms with Gasteiger partial charge >= 0.3 is 0 Å². The maximum absolute atomic E-state index is 5.13. The highest BCUT2D eigenvalue weighted by Crippen LogP contribution is 2.38. The van der Waals surface area contributed by atoms with Gasteiger partial charge in [-0.25, -0.2) is 4.98 Å². The highest BCUT2D eigenvalue weighted by atomic mass is 16.5. The monoisotopic (exact) mass is 246 g/mol. The third-order valence-corrected chi connectivity index (χ3v) is 4.51. The van der Waals surface area contributed by atoms with Crippen molar-refractivity contribution >= 4 is 0 Å². The first-order chi connectivity index (χ1) is 8.85. The molecule has 0 aromatic carbocycles. The number of aromatic nitrogens is 1. The number of piperidine rings is 1. The Morgan fingerprint density at radius 2 is 2.06 bits per heavy atom. The summed E-state index contributed by atoms with van der Waals surface area (Å²) in [5.41, 5.74) is 1.39. The first-order valence-electron chi connectivity index (χ1n) is 7.06. The second-order valence-electron chi connectivity index (χ2n) is 5.77. The third-order valence-electron chi connectivity index (χ3n) is 4.51. The van der Waals surface area contributed by atoms with Gasteiger partial charge in [-0.3, -0.25) is 0 Å². The van der Waals surface area contributed by atoms with Crippen LogP contribution in [0.4, 0.5) is 0 Å². The Bertz CT molecular complexity index is 390. The zero-order valence-corrected chi connectivity index (χ0v) is 11.1. The SMILES string of the molecule is COc1ccc(C2CCC3CNCC(C3)C2)cn1. The number of rotatable bonds is 2. The molecule has 3 atom stereocenters. The molecule has 3 nitrogen and oxygen atoms in total. The van der Waals surface area contributed by atoms with Crippen LogP contribution in [-0.4, -0.2) is 25.2 Å². The van der Waals surface area contributed by atoms with Gasteiger partial charge in [0.25, 0.3) is 0 Å². The van der Waals surface area contributed by atoms with Crippen molar-refractivity contribution in [3.8, 4) is 5.88 Å². The van der Waals surface area contributed by atoms with E-state index in [2.05, 4.69) is 16.4 Å². The van der Waals surface area contributed by atoms with Gasteiger partial charge in [0.1, 0.15) is 0 Å². The van der Waals surface area contributed by atoms with Crippen LogP contribution in [0.2, 0.25) is 0 Å². The molecule has 3 heteroatoms. The molecule has 1 N–H and O–H groups in total. The zero-order chi connectivity index (χ0) is 12.4. The molecule has 1 saturated heterocycles. The molecule has 3 rings (SSSR count). The van der Waals surface area contributed by atoms with Crippen molar-refractivity contribution in [1.29, 1.82) is 0 Å². The van der Waals surface area contributed by atoms with Gasteiger partial charge in [0.2, 0.25) is 5.88 Å². The molecule has 2 bridgehead atoms. The lowest BCUT2D eigenvalue weighted by Crippen LogP contribution is -2.35. The van der Waals surface area contributed by atoms with Gasteiger partial charge in [0, 0.05) is 12.3 Å². The van der Waals surface area contributed by atoms with Crippen LogP contribution in [0.5, 0.6) is 5.88 Å². The molecule has 1 aliphatic heterocycles. The van der Waals surface area contributed by atoms with Crippen LogP contribution in [0.15, 0.2) is 18.3 Å². The van der Waals surface area contributed by atoms with Gasteiger partial charge in [0.15, 0.2) is 0 Å². The smallest absolute Gasteiger partial charge is 0.212 e. The van der Waals surface area contributed by atoms with Crippen molar-refractivity contribution in [3.63, 3.8) is 0 Å². The molecule has 1 saturated carbocycles. The topological polar surface area (TPSA) is 34.1 Å². The minimum Gasteiger partial charge on any atom is -0.481 e. The van der Waals surface area contributed by atoms with Gasteiger partial charge in [-0.2, -0.15) is 0 Å². The average Bonchev–Trinajstić information content (AvgIpc) is 2.57. The first kappa shape index (κ1) is 12.0. The zero-order valence-electron chi connectivity index (χ0n) is 11.1. The Hall–Kier alpha value is -1.09. The van der Waals surface area contributed by atoms with Crippen LogP contribution in [0.25, 0.3) is 0 Å². The molecule has 1 aromatic heterocycles. The highest BCUT2D eigenvalue weighted by molar-refractivity contribution is 5.21. The molecular formula is C15H22N2O. The van der Waals surface area contributed by atoms with Crippen molar-refractivity contribution in [1.82, 2.24) is 10.3 Å². The molecule has 2 aliphatic rings. The number of hydrogen-bond acceptors (Lipinski definition) is 3. The molecule has 98 valence electrons. The second-order valence-corrected chi connectivity index (χ2v) is 5.77. The fraction of sp³-hybridized carbons (Fsp3) is 0.667. The van der Waals surface area contributed by atoms with Crippen molar-refractivity contribution in [3.05, 3.63) is 23.9 Å². The standard InChI is InChI=1S/C15H22N2O/c1-18-15-5-4-14(10-17-15)13-3-2-11-6-12(7-13)9-16-8-11/h4-5,10-13,16H,2-3,6-9H2,1H3. The average molecular weight is 246 g/mol. The Morgan fingerprint density at radius 1 is 1.17 bits per heavy atom. The van der Waals surface area contributed by atoms with Crippen molar-refractivity contribution in [2.45, 2.75) is 31.6 Å². The third kappa shape index (κ3) is 2.51. The van der Waals surface area contributed by atoms with E-state index in [-0.39, 0.29) is 0 Å². The summed E-state index contributed by atoms with van der Waals surface area (Å²) in [6.07, 6.45) is 7.42. The summed E-state index contributed by atoms with van der Waals surface area (Å²) in [5, 5.41) is 3.58. The molecule has 18 heavy (non-hydrogen) atoms. The lowest BCUT2D eigenvalue weighted by Gasteiger charge is -2.27. The van der Waals surface area contributed by atoms with E-state index < -0.39 is 0 Å². The van der Waals surface area contributed by atoms with E-state index in [1.54, 1.807) is 7.11 Å². The van der Waals surface area contributed by atoms with E-state index in [1.165, 1.54) is 44.3 Å². The van der Waals surface area contributed by atoms with Crippen LogP contribution in [0.1, 0.15) is 37.2 Å². The number of pyridine rings is 1. The Morgan fingerprint density at radius 3 is 2.83 bits per heavy atom. The quantitative estimate of drug-likeness (QED) is 0.871. The van der Waals surface area contributed by atoms with E-state index in [1.807, 2.05) is 12.3 Å². The summed E-state index contributed by atoms with van der Waals surface area (Å²) in [4.78, 5) is 4.35. The normalized spacial score (nSPS) is 31.7. The number of hydrogen-bond donors (Lipinski definition) is 1. The van der Waals surface area contributed by atoms with E-state index in [0.29, 0.717) is 11.8 Å². The molecule has 0 amide bonds. The van der Waals surface area contributed by atoms with Crippen molar-refractivity contribution in [2.24, 2.45) is 11.8 Å². The first-order valence-corrected chi connectivity index (χ1v) is 7.06. The summed E-state index contributed by atoms with van der Waals surface area (Å²) in [5.74, 6) is 3.17. The van der Waals surface area contributed by atoms with E-state index in [9.17, 15) is 0 Å². The molecule has 1 aromatic rings. The highest BCUT2D eigenvalue weighted by Gasteiger charge is 2.29. The van der Waals surface area contributed by atoms with Crippen LogP contribution < -0.4 is 10.1 Å². The summed E-state index contributed by atoms with van der Waals surface area (Å²) >= 11 is 0. The van der Waals surface area contributed by atoms with E-state index in [4.69, 9.17) is 4.74 Å². The molecular weight excluding hydrogens is 224 g/mol. The molecule has 0 radical (unpaired) electrons. The fourth-order valence-corrected chi connectivity index (χ4v) is 3.54. The van der Waals surface area contributed by atoms with Gasteiger partial charge in [-0.1, -0.05) is 6.07 Å². The predicted molar refractivity (Wildman–Crippen MR) is 71.8 cm³/mol.